The maximum Gasteiger partial charge on any atom is 0.263 e. The fourth-order valence-electron chi connectivity index (χ4n) is 2.13. The van der Waals surface area contributed by atoms with E-state index >= 15 is 0 Å². The Balaban J connectivity index is 2.07. The third-order valence-corrected chi connectivity index (χ3v) is 3.91. The molecule has 6 nitrogen and oxygen atoms in total. The van der Waals surface area contributed by atoms with Crippen LogP contribution in [0.15, 0.2) is 54.2 Å². The Morgan fingerprint density at radius 3 is 2.65 bits per heavy atom. The summed E-state index contributed by atoms with van der Waals surface area (Å²) in [5, 5.41) is 15.4. The number of methoxy groups -OCH3 is 2. The summed E-state index contributed by atoms with van der Waals surface area (Å²) in [6.07, 6.45) is 1.33. The monoisotopic (exact) mass is 371 g/mol. The molecule has 0 aliphatic carbocycles. The molecule has 1 amide bonds. The Kier molecular flexibility index (Phi) is 6.89. The van der Waals surface area contributed by atoms with E-state index in [1.807, 2.05) is 12.1 Å². The first-order valence-corrected chi connectivity index (χ1v) is 8.07. The number of rotatable bonds is 7. The molecule has 2 rings (SSSR count). The fourth-order valence-corrected chi connectivity index (χ4v) is 2.33. The topological polar surface area (TPSA) is 83.4 Å². The van der Waals surface area contributed by atoms with E-state index in [0.29, 0.717) is 22.2 Å². The quantitative estimate of drug-likeness (QED) is 0.575. The van der Waals surface area contributed by atoms with E-state index in [1.54, 1.807) is 43.5 Å². The highest BCUT2D eigenvalue weighted by Gasteiger charge is 2.10. The van der Waals surface area contributed by atoms with Crippen molar-refractivity contribution in [3.8, 4) is 17.6 Å². The molecule has 2 aromatic carbocycles. The average Bonchev–Trinajstić information content (AvgIpc) is 2.67. The molecule has 0 aromatic heterocycles. The molecule has 0 aliphatic heterocycles. The number of carbonyl (C=O) groups excluding carboxylic acids is 1. The second-order valence-electron chi connectivity index (χ2n) is 5.15. The normalized spacial score (nSPS) is 10.6. The molecule has 0 bridgehead atoms. The molecule has 7 heteroatoms. The van der Waals surface area contributed by atoms with Gasteiger partial charge in [-0.25, -0.2) is 0 Å². The van der Waals surface area contributed by atoms with E-state index in [9.17, 15) is 10.1 Å². The van der Waals surface area contributed by atoms with Crippen molar-refractivity contribution in [3.05, 3.63) is 64.8 Å². The van der Waals surface area contributed by atoms with Crippen LogP contribution in [0.5, 0.6) is 11.5 Å². The number of amides is 1. The van der Waals surface area contributed by atoms with Crippen molar-refractivity contribution in [3.63, 3.8) is 0 Å². The summed E-state index contributed by atoms with van der Waals surface area (Å²) >= 11 is 6.05. The van der Waals surface area contributed by atoms with Gasteiger partial charge in [-0.3, -0.25) is 4.79 Å². The summed E-state index contributed by atoms with van der Waals surface area (Å²) in [5.41, 5.74) is 1.29. The molecule has 0 radical (unpaired) electrons. The number of nitriles is 1. The summed E-state index contributed by atoms with van der Waals surface area (Å²) in [7, 11) is 3.07. The number of nitrogens with zero attached hydrogens (tertiary/aromatic N) is 1. The largest absolute Gasteiger partial charge is 0.497 e. The van der Waals surface area contributed by atoms with Crippen molar-refractivity contribution >= 4 is 23.2 Å². The lowest BCUT2D eigenvalue weighted by molar-refractivity contribution is -0.117. The van der Waals surface area contributed by atoms with Crippen LogP contribution < -0.4 is 20.1 Å². The van der Waals surface area contributed by atoms with Crippen LogP contribution in [0, 0.1) is 11.3 Å². The summed E-state index contributed by atoms with van der Waals surface area (Å²) in [6, 6.07) is 14.2. The van der Waals surface area contributed by atoms with Crippen LogP contribution in [0.25, 0.3) is 0 Å². The van der Waals surface area contributed by atoms with E-state index < -0.39 is 5.91 Å². The first-order chi connectivity index (χ1) is 12.6. The van der Waals surface area contributed by atoms with Gasteiger partial charge in [-0.05, 0) is 23.8 Å². The zero-order chi connectivity index (χ0) is 18.9. The minimum Gasteiger partial charge on any atom is -0.497 e. The second-order valence-corrected chi connectivity index (χ2v) is 5.56. The van der Waals surface area contributed by atoms with Crippen LogP contribution in [0.2, 0.25) is 5.02 Å². The minimum absolute atomic E-state index is 0.0741. The first-order valence-electron chi connectivity index (χ1n) is 7.69. The highest BCUT2D eigenvalue weighted by atomic mass is 35.5. The van der Waals surface area contributed by atoms with Crippen LogP contribution in [0.4, 0.5) is 5.69 Å². The van der Waals surface area contributed by atoms with E-state index in [0.717, 1.165) is 5.56 Å². The predicted molar refractivity (Wildman–Crippen MR) is 100 cm³/mol. The number of hydrogen-bond donors (Lipinski definition) is 2. The van der Waals surface area contributed by atoms with Crippen molar-refractivity contribution < 1.29 is 14.3 Å². The number of hydrogen-bond acceptors (Lipinski definition) is 5. The van der Waals surface area contributed by atoms with Crippen molar-refractivity contribution in [2.24, 2.45) is 0 Å². The van der Waals surface area contributed by atoms with Gasteiger partial charge in [0, 0.05) is 23.8 Å². The van der Waals surface area contributed by atoms with Crippen LogP contribution in [-0.4, -0.2) is 20.1 Å². The maximum absolute atomic E-state index is 12.2. The van der Waals surface area contributed by atoms with Crippen LogP contribution in [0.3, 0.4) is 0 Å². The molecule has 26 heavy (non-hydrogen) atoms. The van der Waals surface area contributed by atoms with Crippen LogP contribution >= 0.6 is 11.6 Å². The maximum atomic E-state index is 12.2. The molecule has 0 saturated carbocycles. The Morgan fingerprint density at radius 1 is 1.23 bits per heavy atom. The molecule has 0 spiro atoms. The number of halogens is 1. The molecule has 0 atom stereocenters. The van der Waals surface area contributed by atoms with Crippen molar-refractivity contribution in [1.29, 1.82) is 5.26 Å². The third-order valence-electron chi connectivity index (χ3n) is 3.54. The van der Waals surface area contributed by atoms with Crippen LogP contribution in [0.1, 0.15) is 5.56 Å². The summed E-state index contributed by atoms with van der Waals surface area (Å²) in [6.45, 7) is 0.226. The van der Waals surface area contributed by atoms with Crippen molar-refractivity contribution in [2.75, 3.05) is 19.5 Å². The number of nitrogens with one attached hydrogen (secondary N) is 2. The zero-order valence-electron chi connectivity index (χ0n) is 14.4. The fraction of sp³-hybridized carbons (Fsp3) is 0.158. The van der Waals surface area contributed by atoms with E-state index in [4.69, 9.17) is 21.1 Å². The Labute approximate surface area is 157 Å². The van der Waals surface area contributed by atoms with Gasteiger partial charge in [-0.2, -0.15) is 5.26 Å². The van der Waals surface area contributed by atoms with Gasteiger partial charge < -0.3 is 20.1 Å². The van der Waals surface area contributed by atoms with Crippen molar-refractivity contribution in [2.45, 2.75) is 6.54 Å². The lowest BCUT2D eigenvalue weighted by Gasteiger charge is -2.10. The van der Waals surface area contributed by atoms with E-state index in [1.165, 1.54) is 13.3 Å². The van der Waals surface area contributed by atoms with Gasteiger partial charge in [-0.15, -0.1) is 0 Å². The molecule has 2 aromatic rings. The molecular weight excluding hydrogens is 354 g/mol. The van der Waals surface area contributed by atoms with Gasteiger partial charge in [0.25, 0.3) is 5.91 Å². The number of carbonyl (C=O) groups is 1. The van der Waals surface area contributed by atoms with Crippen LogP contribution in [-0.2, 0) is 11.3 Å². The number of anilines is 1. The summed E-state index contributed by atoms with van der Waals surface area (Å²) in [4.78, 5) is 12.2. The Bertz CT molecular complexity index is 859. The molecule has 0 heterocycles. The molecule has 2 N–H and O–H groups in total. The van der Waals surface area contributed by atoms with Gasteiger partial charge in [0.2, 0.25) is 0 Å². The van der Waals surface area contributed by atoms with Gasteiger partial charge in [-0.1, -0.05) is 29.8 Å². The standard InChI is InChI=1S/C19H18ClN3O3/c1-25-15-7-8-17(18(9-15)26-2)22-12-14(10-21)19(24)23-11-13-5-3-4-6-16(13)20/h3-9,12,22H,11H2,1-2H3,(H,23,24)/b14-12-. The number of benzene rings is 2. The molecule has 134 valence electrons. The zero-order valence-corrected chi connectivity index (χ0v) is 15.1. The van der Waals surface area contributed by atoms with Gasteiger partial charge in [0.05, 0.1) is 19.9 Å². The predicted octanol–water partition coefficient (Wildman–Crippen LogP) is 3.49. The highest BCUT2D eigenvalue weighted by Crippen LogP contribution is 2.29. The Morgan fingerprint density at radius 2 is 2.00 bits per heavy atom. The first kappa shape index (κ1) is 19.2. The van der Waals surface area contributed by atoms with E-state index in [-0.39, 0.29) is 12.1 Å². The molecule has 0 aliphatic rings. The van der Waals surface area contributed by atoms with Gasteiger partial charge in [0.1, 0.15) is 23.1 Å². The van der Waals surface area contributed by atoms with Gasteiger partial charge in [0.15, 0.2) is 0 Å². The van der Waals surface area contributed by atoms with Crippen molar-refractivity contribution in [1.82, 2.24) is 5.32 Å². The van der Waals surface area contributed by atoms with Gasteiger partial charge >= 0.3 is 0 Å². The number of ether oxygens (including phenoxy) is 2. The highest BCUT2D eigenvalue weighted by molar-refractivity contribution is 6.31. The second kappa shape index (κ2) is 9.35. The average molecular weight is 372 g/mol. The lowest BCUT2D eigenvalue weighted by Crippen LogP contribution is -2.24. The minimum atomic E-state index is -0.507. The third kappa shape index (κ3) is 4.91. The lowest BCUT2D eigenvalue weighted by atomic mass is 10.2. The molecule has 0 fully saturated rings. The smallest absolute Gasteiger partial charge is 0.263 e. The summed E-state index contributed by atoms with van der Waals surface area (Å²) < 4.78 is 10.4. The molecule has 0 saturated heterocycles. The molecular formula is C19H18ClN3O3. The molecule has 0 unspecified atom stereocenters. The SMILES string of the molecule is COc1ccc(N/C=C(/C#N)C(=O)NCc2ccccc2Cl)c(OC)c1. The van der Waals surface area contributed by atoms with E-state index in [2.05, 4.69) is 10.6 Å². The Hall–Kier alpha value is -3.17. The summed E-state index contributed by atoms with van der Waals surface area (Å²) in [5.74, 6) is 0.649.